The van der Waals surface area contributed by atoms with Crippen LogP contribution < -0.4 is 10.6 Å². The molecule has 0 saturated carbocycles. The predicted octanol–water partition coefficient (Wildman–Crippen LogP) is 1.42. The summed E-state index contributed by atoms with van der Waals surface area (Å²) in [5, 5.41) is 14.2. The van der Waals surface area contributed by atoms with Crippen molar-refractivity contribution in [3.63, 3.8) is 0 Å². The van der Waals surface area contributed by atoms with Crippen molar-refractivity contribution in [1.29, 1.82) is 5.26 Å². The Balaban J connectivity index is 2.15. The van der Waals surface area contributed by atoms with Gasteiger partial charge in [0, 0.05) is 18.1 Å². The van der Waals surface area contributed by atoms with Crippen LogP contribution >= 0.6 is 11.6 Å². The molecule has 1 aromatic carbocycles. The highest BCUT2D eigenvalue weighted by Gasteiger charge is 2.03. The van der Waals surface area contributed by atoms with Crippen molar-refractivity contribution < 1.29 is 9.59 Å². The van der Waals surface area contributed by atoms with E-state index in [4.69, 9.17) is 16.9 Å². The van der Waals surface area contributed by atoms with E-state index in [2.05, 4.69) is 10.6 Å². The standard InChI is InChI=1S/C14H16ClN3O2/c15-12-4-1-3-11(9-12)10-14(20)18-8-2-7-17-13(19)5-6-16/h1,3-4,9H,2,5,7-8,10H2,(H,17,19)(H,18,20). The maximum atomic E-state index is 11.6. The third-order valence-electron chi connectivity index (χ3n) is 2.49. The van der Waals surface area contributed by atoms with Crippen molar-refractivity contribution in [1.82, 2.24) is 10.6 Å². The molecule has 0 fully saturated rings. The van der Waals surface area contributed by atoms with Crippen LogP contribution in [0.25, 0.3) is 0 Å². The second-order valence-electron chi connectivity index (χ2n) is 4.20. The van der Waals surface area contributed by atoms with E-state index in [0.717, 1.165) is 5.56 Å². The predicted molar refractivity (Wildman–Crippen MR) is 76.0 cm³/mol. The number of benzene rings is 1. The zero-order chi connectivity index (χ0) is 14.8. The summed E-state index contributed by atoms with van der Waals surface area (Å²) >= 11 is 5.83. The lowest BCUT2D eigenvalue weighted by Gasteiger charge is -2.06. The van der Waals surface area contributed by atoms with Crippen molar-refractivity contribution in [2.75, 3.05) is 13.1 Å². The molecule has 0 spiro atoms. The zero-order valence-corrected chi connectivity index (χ0v) is 11.7. The van der Waals surface area contributed by atoms with Gasteiger partial charge in [-0.25, -0.2) is 0 Å². The molecule has 0 unspecified atom stereocenters. The lowest BCUT2D eigenvalue weighted by Crippen LogP contribution is -2.30. The third kappa shape index (κ3) is 6.76. The van der Waals surface area contributed by atoms with Crippen LogP contribution in [0.2, 0.25) is 5.02 Å². The lowest BCUT2D eigenvalue weighted by atomic mass is 10.1. The van der Waals surface area contributed by atoms with Crippen LogP contribution in [-0.4, -0.2) is 24.9 Å². The van der Waals surface area contributed by atoms with Gasteiger partial charge in [0.05, 0.1) is 12.5 Å². The summed E-state index contributed by atoms with van der Waals surface area (Å²) in [4.78, 5) is 22.6. The van der Waals surface area contributed by atoms with Gasteiger partial charge in [0.1, 0.15) is 6.42 Å². The van der Waals surface area contributed by atoms with E-state index in [9.17, 15) is 9.59 Å². The minimum absolute atomic E-state index is 0.0874. The van der Waals surface area contributed by atoms with Gasteiger partial charge < -0.3 is 10.6 Å². The molecule has 0 heterocycles. The SMILES string of the molecule is N#CCC(=O)NCCCNC(=O)Cc1cccc(Cl)c1. The van der Waals surface area contributed by atoms with Gasteiger partial charge in [0.2, 0.25) is 11.8 Å². The monoisotopic (exact) mass is 293 g/mol. The topological polar surface area (TPSA) is 82.0 Å². The van der Waals surface area contributed by atoms with Gasteiger partial charge in [-0.05, 0) is 24.1 Å². The van der Waals surface area contributed by atoms with Gasteiger partial charge in [-0.1, -0.05) is 23.7 Å². The summed E-state index contributed by atoms with van der Waals surface area (Å²) < 4.78 is 0. The van der Waals surface area contributed by atoms with Crippen LogP contribution in [-0.2, 0) is 16.0 Å². The maximum absolute atomic E-state index is 11.6. The van der Waals surface area contributed by atoms with Crippen molar-refractivity contribution in [2.45, 2.75) is 19.3 Å². The van der Waals surface area contributed by atoms with Crippen LogP contribution in [0.15, 0.2) is 24.3 Å². The second kappa shape index (κ2) is 8.94. The highest BCUT2D eigenvalue weighted by molar-refractivity contribution is 6.30. The minimum Gasteiger partial charge on any atom is -0.356 e. The smallest absolute Gasteiger partial charge is 0.234 e. The molecule has 0 atom stereocenters. The van der Waals surface area contributed by atoms with Crippen LogP contribution in [0.4, 0.5) is 0 Å². The number of carbonyl (C=O) groups excluding carboxylic acids is 2. The Kier molecular flexibility index (Phi) is 7.15. The van der Waals surface area contributed by atoms with E-state index in [1.165, 1.54) is 0 Å². The number of carbonyl (C=O) groups is 2. The molecule has 1 aromatic rings. The highest BCUT2D eigenvalue weighted by Crippen LogP contribution is 2.10. The molecule has 0 bridgehead atoms. The lowest BCUT2D eigenvalue weighted by molar-refractivity contribution is -0.120. The summed E-state index contributed by atoms with van der Waals surface area (Å²) in [6, 6.07) is 8.92. The number of hydrogen-bond acceptors (Lipinski definition) is 3. The molecular formula is C14H16ClN3O2. The van der Waals surface area contributed by atoms with E-state index in [-0.39, 0.29) is 24.7 Å². The first-order chi connectivity index (χ1) is 9.61. The average Bonchev–Trinajstić information content (AvgIpc) is 2.38. The largest absolute Gasteiger partial charge is 0.356 e. The Morgan fingerprint density at radius 3 is 2.55 bits per heavy atom. The molecule has 2 amide bonds. The molecule has 0 aliphatic rings. The van der Waals surface area contributed by atoms with Crippen molar-refractivity contribution >= 4 is 23.4 Å². The Labute approximate surface area is 122 Å². The zero-order valence-electron chi connectivity index (χ0n) is 11.0. The van der Waals surface area contributed by atoms with Crippen LogP contribution in [0, 0.1) is 11.3 Å². The minimum atomic E-state index is -0.294. The fraction of sp³-hybridized carbons (Fsp3) is 0.357. The van der Waals surface area contributed by atoms with Crippen LogP contribution in [0.5, 0.6) is 0 Å². The van der Waals surface area contributed by atoms with Crippen LogP contribution in [0.3, 0.4) is 0 Å². The second-order valence-corrected chi connectivity index (χ2v) is 4.63. The third-order valence-corrected chi connectivity index (χ3v) is 2.73. The van der Waals surface area contributed by atoms with Gasteiger partial charge in [-0.15, -0.1) is 0 Å². The molecule has 0 aromatic heterocycles. The maximum Gasteiger partial charge on any atom is 0.234 e. The molecule has 2 N–H and O–H groups in total. The fourth-order valence-corrected chi connectivity index (χ4v) is 1.79. The highest BCUT2D eigenvalue weighted by atomic mass is 35.5. The normalized spacial score (nSPS) is 9.60. The summed E-state index contributed by atoms with van der Waals surface area (Å²) in [6.45, 7) is 0.921. The van der Waals surface area contributed by atoms with Gasteiger partial charge in [-0.2, -0.15) is 5.26 Å². The number of rotatable bonds is 7. The Morgan fingerprint density at radius 2 is 1.90 bits per heavy atom. The summed E-state index contributed by atoms with van der Waals surface area (Å²) in [6.07, 6.45) is 0.765. The summed E-state index contributed by atoms with van der Waals surface area (Å²) in [7, 11) is 0. The first-order valence-corrected chi connectivity index (χ1v) is 6.64. The molecular weight excluding hydrogens is 278 g/mol. The molecule has 0 aliphatic carbocycles. The number of nitrogens with one attached hydrogen (secondary N) is 2. The summed E-state index contributed by atoms with van der Waals surface area (Å²) in [5.41, 5.74) is 0.859. The number of nitriles is 1. The first kappa shape index (κ1) is 16.0. The number of halogens is 1. The van der Waals surface area contributed by atoms with Crippen molar-refractivity contribution in [3.05, 3.63) is 34.9 Å². The molecule has 0 aliphatic heterocycles. The molecule has 5 nitrogen and oxygen atoms in total. The first-order valence-electron chi connectivity index (χ1n) is 6.26. The fourth-order valence-electron chi connectivity index (χ4n) is 1.57. The molecule has 0 radical (unpaired) electrons. The van der Waals surface area contributed by atoms with Gasteiger partial charge in [0.15, 0.2) is 0 Å². The quantitative estimate of drug-likeness (QED) is 0.746. The van der Waals surface area contributed by atoms with E-state index in [1.54, 1.807) is 24.3 Å². The van der Waals surface area contributed by atoms with Crippen LogP contribution in [0.1, 0.15) is 18.4 Å². The number of hydrogen-bond donors (Lipinski definition) is 2. The van der Waals surface area contributed by atoms with Gasteiger partial charge in [-0.3, -0.25) is 9.59 Å². The van der Waals surface area contributed by atoms with E-state index in [1.807, 2.05) is 6.07 Å². The Morgan fingerprint density at radius 1 is 1.20 bits per heavy atom. The Bertz CT molecular complexity index is 511. The Hall–Kier alpha value is -2.06. The number of amides is 2. The van der Waals surface area contributed by atoms with Crippen molar-refractivity contribution in [3.8, 4) is 6.07 Å². The van der Waals surface area contributed by atoms with Gasteiger partial charge in [0.25, 0.3) is 0 Å². The van der Waals surface area contributed by atoms with Gasteiger partial charge >= 0.3 is 0 Å². The molecule has 1 rings (SSSR count). The van der Waals surface area contributed by atoms with E-state index < -0.39 is 0 Å². The summed E-state index contributed by atoms with van der Waals surface area (Å²) in [5.74, 6) is -0.381. The molecule has 0 saturated heterocycles. The van der Waals surface area contributed by atoms with E-state index >= 15 is 0 Å². The van der Waals surface area contributed by atoms with E-state index in [0.29, 0.717) is 24.5 Å². The average molecular weight is 294 g/mol. The molecule has 6 heteroatoms. The number of nitrogens with zero attached hydrogens (tertiary/aromatic N) is 1. The molecule has 106 valence electrons. The van der Waals surface area contributed by atoms with Crippen molar-refractivity contribution in [2.24, 2.45) is 0 Å². The molecule has 20 heavy (non-hydrogen) atoms.